The molecule has 168 valence electrons. The molecule has 1 saturated heterocycles. The first kappa shape index (κ1) is 22.1. The van der Waals surface area contributed by atoms with Crippen LogP contribution in [0.4, 0.5) is 0 Å². The minimum atomic E-state index is -0.513. The fourth-order valence-electron chi connectivity index (χ4n) is 4.49. The number of hydrogen-bond acceptors (Lipinski definition) is 6. The van der Waals surface area contributed by atoms with Crippen molar-refractivity contribution >= 4 is 0 Å². The Hall–Kier alpha value is -2.12. The molecule has 0 saturated carbocycles. The number of piperazine rings is 1. The molecule has 0 radical (unpaired) electrons. The van der Waals surface area contributed by atoms with Gasteiger partial charge in [0.15, 0.2) is 11.5 Å². The quantitative estimate of drug-likeness (QED) is 0.674. The second-order valence-electron chi connectivity index (χ2n) is 8.55. The van der Waals surface area contributed by atoms with E-state index in [1.807, 2.05) is 6.07 Å². The number of fused-ring (bicyclic) bond motifs is 1. The lowest BCUT2D eigenvalue weighted by molar-refractivity contribution is 0.0632. The summed E-state index contributed by atoms with van der Waals surface area (Å²) in [6.07, 6.45) is 1.68. The molecule has 2 aromatic carbocycles. The zero-order valence-electron chi connectivity index (χ0n) is 18.6. The standard InChI is InChI=1S/C25H35N3O3/c1-30-25-16-20(17-27-12-8-21-4-2-3-5-22(21)9-13-27)6-7-24(25)31-19-23(29)18-28-14-10-26-11-15-28/h2-7,16,23,26,29H,8-15,17-19H2,1H3. The Bertz CT molecular complexity index is 812. The van der Waals surface area contributed by atoms with Crippen LogP contribution in [0.15, 0.2) is 42.5 Å². The average molecular weight is 426 g/mol. The molecule has 6 nitrogen and oxygen atoms in total. The van der Waals surface area contributed by atoms with Crippen LogP contribution in [-0.4, -0.2) is 80.5 Å². The molecule has 6 heteroatoms. The summed E-state index contributed by atoms with van der Waals surface area (Å²) < 4.78 is 11.5. The highest BCUT2D eigenvalue weighted by Gasteiger charge is 2.17. The van der Waals surface area contributed by atoms with E-state index in [0.717, 1.165) is 64.4 Å². The number of rotatable bonds is 8. The topological polar surface area (TPSA) is 57.2 Å². The van der Waals surface area contributed by atoms with Crippen molar-refractivity contribution in [3.05, 3.63) is 59.2 Å². The van der Waals surface area contributed by atoms with Gasteiger partial charge in [-0.05, 0) is 41.7 Å². The molecule has 4 rings (SSSR count). The molecule has 1 fully saturated rings. The molecule has 2 heterocycles. The Balaban J connectivity index is 1.30. The van der Waals surface area contributed by atoms with E-state index >= 15 is 0 Å². The van der Waals surface area contributed by atoms with Gasteiger partial charge in [0.25, 0.3) is 0 Å². The Labute approximate surface area is 185 Å². The Morgan fingerprint density at radius 2 is 1.65 bits per heavy atom. The van der Waals surface area contributed by atoms with Gasteiger partial charge < -0.3 is 19.9 Å². The number of nitrogens with zero attached hydrogens (tertiary/aromatic N) is 2. The molecule has 31 heavy (non-hydrogen) atoms. The van der Waals surface area contributed by atoms with Crippen LogP contribution >= 0.6 is 0 Å². The fourth-order valence-corrected chi connectivity index (χ4v) is 4.49. The molecule has 2 aromatic rings. The van der Waals surface area contributed by atoms with Crippen LogP contribution in [0.5, 0.6) is 11.5 Å². The molecule has 0 bridgehead atoms. The van der Waals surface area contributed by atoms with Gasteiger partial charge in [-0.3, -0.25) is 9.80 Å². The van der Waals surface area contributed by atoms with Gasteiger partial charge in [0.05, 0.1) is 7.11 Å². The Kier molecular flexibility index (Phi) is 7.81. The van der Waals surface area contributed by atoms with Crippen LogP contribution < -0.4 is 14.8 Å². The molecule has 2 N–H and O–H groups in total. The summed E-state index contributed by atoms with van der Waals surface area (Å²) >= 11 is 0. The second-order valence-corrected chi connectivity index (χ2v) is 8.55. The highest BCUT2D eigenvalue weighted by atomic mass is 16.5. The van der Waals surface area contributed by atoms with E-state index in [1.165, 1.54) is 16.7 Å². The molecule has 0 aliphatic carbocycles. The van der Waals surface area contributed by atoms with Crippen molar-refractivity contribution in [3.63, 3.8) is 0 Å². The first-order valence-electron chi connectivity index (χ1n) is 11.4. The monoisotopic (exact) mass is 425 g/mol. The molecule has 1 unspecified atom stereocenters. The third kappa shape index (κ3) is 6.20. The van der Waals surface area contributed by atoms with Crippen LogP contribution in [0, 0.1) is 0 Å². The molecule has 2 aliphatic heterocycles. The van der Waals surface area contributed by atoms with Crippen molar-refractivity contribution in [2.45, 2.75) is 25.5 Å². The summed E-state index contributed by atoms with van der Waals surface area (Å²) in [7, 11) is 1.67. The van der Waals surface area contributed by atoms with E-state index < -0.39 is 6.10 Å². The molecule has 0 aromatic heterocycles. The summed E-state index contributed by atoms with van der Waals surface area (Å²) in [5.41, 5.74) is 4.17. The van der Waals surface area contributed by atoms with Crippen molar-refractivity contribution in [2.75, 3.05) is 59.5 Å². The molecule has 0 amide bonds. The maximum Gasteiger partial charge on any atom is 0.161 e. The summed E-state index contributed by atoms with van der Waals surface area (Å²) in [5, 5.41) is 13.7. The number of aliphatic hydroxyl groups excluding tert-OH is 1. The summed E-state index contributed by atoms with van der Waals surface area (Å²) in [5.74, 6) is 1.42. The van der Waals surface area contributed by atoms with E-state index in [4.69, 9.17) is 9.47 Å². The van der Waals surface area contributed by atoms with E-state index in [9.17, 15) is 5.11 Å². The third-order valence-electron chi connectivity index (χ3n) is 6.26. The highest BCUT2D eigenvalue weighted by molar-refractivity contribution is 5.43. The Morgan fingerprint density at radius 1 is 0.935 bits per heavy atom. The largest absolute Gasteiger partial charge is 0.493 e. The molecular weight excluding hydrogens is 390 g/mol. The summed E-state index contributed by atoms with van der Waals surface area (Å²) in [4.78, 5) is 4.77. The van der Waals surface area contributed by atoms with Gasteiger partial charge in [0.1, 0.15) is 12.7 Å². The number of nitrogens with one attached hydrogen (secondary N) is 1. The molecule has 0 spiro atoms. The Morgan fingerprint density at radius 3 is 2.32 bits per heavy atom. The molecule has 1 atom stereocenters. The number of methoxy groups -OCH3 is 1. The lowest BCUT2D eigenvalue weighted by atomic mass is 10.0. The normalized spacial score (nSPS) is 18.8. The molecular formula is C25H35N3O3. The van der Waals surface area contributed by atoms with Gasteiger partial charge in [-0.1, -0.05) is 30.3 Å². The van der Waals surface area contributed by atoms with Crippen LogP contribution in [0.25, 0.3) is 0 Å². The first-order chi connectivity index (χ1) is 15.2. The number of benzene rings is 2. The van der Waals surface area contributed by atoms with E-state index in [-0.39, 0.29) is 6.61 Å². The van der Waals surface area contributed by atoms with Crippen LogP contribution in [-0.2, 0) is 19.4 Å². The summed E-state index contributed by atoms with van der Waals surface area (Å²) in [6.45, 7) is 7.83. The van der Waals surface area contributed by atoms with Gasteiger partial charge in [-0.25, -0.2) is 0 Å². The van der Waals surface area contributed by atoms with E-state index in [1.54, 1.807) is 7.11 Å². The van der Waals surface area contributed by atoms with E-state index in [0.29, 0.717) is 12.3 Å². The number of aliphatic hydroxyl groups is 1. The third-order valence-corrected chi connectivity index (χ3v) is 6.26. The molecule has 2 aliphatic rings. The minimum Gasteiger partial charge on any atom is -0.493 e. The second kappa shape index (κ2) is 11.0. The SMILES string of the molecule is COc1cc(CN2CCc3ccccc3CC2)ccc1OCC(O)CN1CCNCC1. The van der Waals surface area contributed by atoms with Crippen molar-refractivity contribution in [1.29, 1.82) is 0 Å². The van der Waals surface area contributed by atoms with E-state index in [2.05, 4.69) is 51.5 Å². The van der Waals surface area contributed by atoms with Crippen LogP contribution in [0.2, 0.25) is 0 Å². The van der Waals surface area contributed by atoms with Gasteiger partial charge >= 0.3 is 0 Å². The van der Waals surface area contributed by atoms with Crippen LogP contribution in [0.3, 0.4) is 0 Å². The number of β-amino-alcohol motifs (C(OH)–C–C–N with tert-alkyl or cyclic N) is 1. The minimum absolute atomic E-state index is 0.268. The lowest BCUT2D eigenvalue weighted by Crippen LogP contribution is -2.47. The predicted molar refractivity (Wildman–Crippen MR) is 123 cm³/mol. The van der Waals surface area contributed by atoms with Crippen molar-refractivity contribution in [2.24, 2.45) is 0 Å². The maximum absolute atomic E-state index is 10.4. The lowest BCUT2D eigenvalue weighted by Gasteiger charge is -2.29. The fraction of sp³-hybridized carbons (Fsp3) is 0.520. The summed E-state index contributed by atoms with van der Waals surface area (Å²) in [6, 6.07) is 14.9. The zero-order chi connectivity index (χ0) is 21.5. The number of ether oxygens (including phenoxy) is 2. The van der Waals surface area contributed by atoms with Crippen molar-refractivity contribution < 1.29 is 14.6 Å². The predicted octanol–water partition coefficient (Wildman–Crippen LogP) is 1.94. The van der Waals surface area contributed by atoms with Crippen LogP contribution in [0.1, 0.15) is 16.7 Å². The maximum atomic E-state index is 10.4. The van der Waals surface area contributed by atoms with Gasteiger partial charge in [-0.2, -0.15) is 0 Å². The van der Waals surface area contributed by atoms with Gasteiger partial charge in [0.2, 0.25) is 0 Å². The smallest absolute Gasteiger partial charge is 0.161 e. The number of hydrogen-bond donors (Lipinski definition) is 2. The average Bonchev–Trinajstić information content (AvgIpc) is 3.01. The van der Waals surface area contributed by atoms with Crippen molar-refractivity contribution in [3.8, 4) is 11.5 Å². The van der Waals surface area contributed by atoms with Gasteiger partial charge in [0, 0.05) is 52.4 Å². The first-order valence-corrected chi connectivity index (χ1v) is 11.4. The highest BCUT2D eigenvalue weighted by Crippen LogP contribution is 2.29. The van der Waals surface area contributed by atoms with Gasteiger partial charge in [-0.15, -0.1) is 0 Å². The zero-order valence-corrected chi connectivity index (χ0v) is 18.6. The van der Waals surface area contributed by atoms with Crippen molar-refractivity contribution in [1.82, 2.24) is 15.1 Å².